The first-order valence-corrected chi connectivity index (χ1v) is 10.2. The van der Waals surface area contributed by atoms with Crippen LogP contribution >= 0.6 is 11.6 Å². The van der Waals surface area contributed by atoms with Gasteiger partial charge in [-0.1, -0.05) is 17.7 Å². The number of nitrogens with zero attached hydrogens (tertiary/aromatic N) is 2. The molecule has 5 N–H and O–H groups in total. The van der Waals surface area contributed by atoms with E-state index in [-0.39, 0.29) is 34.5 Å². The third kappa shape index (κ3) is 4.51. The number of nitrogens with two attached hydrogens (primary N) is 1. The Morgan fingerprint density at radius 3 is 2.53 bits per heavy atom. The summed E-state index contributed by atoms with van der Waals surface area (Å²) >= 11 is 5.93. The zero-order valence-electron chi connectivity index (χ0n) is 17.0. The molecular weight excluding hydrogens is 442 g/mol. The van der Waals surface area contributed by atoms with Crippen molar-refractivity contribution in [3.05, 3.63) is 70.6 Å². The average Bonchev–Trinajstić information content (AvgIpc) is 3.12. The number of pyridine rings is 2. The molecule has 1 fully saturated rings. The van der Waals surface area contributed by atoms with Crippen molar-refractivity contribution >= 4 is 17.4 Å². The fourth-order valence-corrected chi connectivity index (χ4v) is 3.98. The molecule has 1 aromatic carbocycles. The highest BCUT2D eigenvalue weighted by molar-refractivity contribution is 6.31. The van der Waals surface area contributed by atoms with Crippen molar-refractivity contribution in [3.8, 4) is 16.9 Å². The molecule has 0 radical (unpaired) electrons. The normalized spacial score (nSPS) is 18.5. The van der Waals surface area contributed by atoms with Gasteiger partial charge >= 0.3 is 0 Å². The predicted octanol–water partition coefficient (Wildman–Crippen LogP) is 3.51. The zero-order valence-corrected chi connectivity index (χ0v) is 17.8. The summed E-state index contributed by atoms with van der Waals surface area (Å²) in [5.74, 6) is -3.20. The SMILES string of the molecule is CC(Oc1cc(-c2ccc(C3CNC(O)(O)C3)nc2)cnc1N)c1c(F)ccc(F)c1Cl. The van der Waals surface area contributed by atoms with Gasteiger partial charge in [-0.25, -0.2) is 13.8 Å². The summed E-state index contributed by atoms with van der Waals surface area (Å²) in [6.45, 7) is 1.93. The summed E-state index contributed by atoms with van der Waals surface area (Å²) in [4.78, 5) is 8.56. The van der Waals surface area contributed by atoms with E-state index in [4.69, 9.17) is 22.1 Å². The minimum atomic E-state index is -1.89. The highest BCUT2D eigenvalue weighted by Crippen LogP contribution is 2.35. The third-order valence-corrected chi connectivity index (χ3v) is 5.76. The zero-order chi connectivity index (χ0) is 23.0. The van der Waals surface area contributed by atoms with Crippen LogP contribution in [-0.2, 0) is 0 Å². The van der Waals surface area contributed by atoms with Crippen molar-refractivity contribution in [2.75, 3.05) is 12.3 Å². The van der Waals surface area contributed by atoms with Gasteiger partial charge in [0.1, 0.15) is 17.7 Å². The molecule has 0 saturated carbocycles. The summed E-state index contributed by atoms with van der Waals surface area (Å²) in [7, 11) is 0. The standard InChI is InChI=1S/C22H21ClF2N4O3/c1-11(19-15(24)3-4-16(25)20(19)23)32-18-6-13(9-28-21(18)26)12-2-5-17(27-8-12)14-7-22(30,31)29-10-14/h2-6,8-9,11,14,29-31H,7,10H2,1H3,(H2,26,28). The molecule has 2 unspecified atom stereocenters. The quantitative estimate of drug-likeness (QED) is 0.339. The average molecular weight is 463 g/mol. The smallest absolute Gasteiger partial charge is 0.223 e. The third-order valence-electron chi connectivity index (χ3n) is 5.37. The first kappa shape index (κ1) is 22.3. The van der Waals surface area contributed by atoms with Gasteiger partial charge in [0.05, 0.1) is 5.02 Å². The van der Waals surface area contributed by atoms with Crippen molar-refractivity contribution in [3.63, 3.8) is 0 Å². The van der Waals surface area contributed by atoms with E-state index in [0.717, 1.165) is 23.4 Å². The molecule has 0 amide bonds. The fourth-order valence-electron chi connectivity index (χ4n) is 3.67. The van der Waals surface area contributed by atoms with Crippen LogP contribution in [0.25, 0.3) is 11.1 Å². The molecular formula is C22H21ClF2N4O3. The molecule has 0 bridgehead atoms. The molecule has 4 rings (SSSR count). The van der Waals surface area contributed by atoms with Crippen LogP contribution in [0.3, 0.4) is 0 Å². The minimum Gasteiger partial charge on any atom is -0.482 e. The fraction of sp³-hybridized carbons (Fsp3) is 0.273. The van der Waals surface area contributed by atoms with Crippen molar-refractivity contribution in [2.24, 2.45) is 0 Å². The summed E-state index contributed by atoms with van der Waals surface area (Å²) in [6.07, 6.45) is 2.39. The maximum absolute atomic E-state index is 14.2. The van der Waals surface area contributed by atoms with Gasteiger partial charge in [-0.15, -0.1) is 0 Å². The highest BCUT2D eigenvalue weighted by atomic mass is 35.5. The molecule has 2 aromatic heterocycles. The molecule has 168 valence electrons. The van der Waals surface area contributed by atoms with Gasteiger partial charge in [-0.3, -0.25) is 10.3 Å². The lowest BCUT2D eigenvalue weighted by atomic mass is 10.0. The highest BCUT2D eigenvalue weighted by Gasteiger charge is 2.36. The van der Waals surface area contributed by atoms with E-state index in [9.17, 15) is 19.0 Å². The van der Waals surface area contributed by atoms with Crippen LogP contribution < -0.4 is 15.8 Å². The number of nitrogens with one attached hydrogen (secondary N) is 1. The maximum Gasteiger partial charge on any atom is 0.223 e. The number of anilines is 1. The lowest BCUT2D eigenvalue weighted by Gasteiger charge is -2.19. The number of rotatable bonds is 5. The number of benzene rings is 1. The van der Waals surface area contributed by atoms with Gasteiger partial charge in [-0.05, 0) is 31.2 Å². The maximum atomic E-state index is 14.2. The Bertz CT molecular complexity index is 1140. The Kier molecular flexibility index (Phi) is 6.00. The molecule has 0 aliphatic carbocycles. The van der Waals surface area contributed by atoms with Crippen LogP contribution in [0.15, 0.2) is 42.7 Å². The van der Waals surface area contributed by atoms with Crippen LogP contribution in [0.2, 0.25) is 5.02 Å². The summed E-state index contributed by atoms with van der Waals surface area (Å²) in [5.41, 5.74) is 7.90. The Labute approximate surface area is 187 Å². The molecule has 2 atom stereocenters. The molecule has 1 saturated heterocycles. The summed E-state index contributed by atoms with van der Waals surface area (Å²) in [6, 6.07) is 7.18. The van der Waals surface area contributed by atoms with E-state index in [1.165, 1.54) is 6.92 Å². The lowest BCUT2D eigenvalue weighted by Crippen LogP contribution is -2.38. The summed E-state index contributed by atoms with van der Waals surface area (Å²) < 4.78 is 33.8. The first-order chi connectivity index (χ1) is 15.1. The van der Waals surface area contributed by atoms with Crippen molar-refractivity contribution in [2.45, 2.75) is 31.3 Å². The van der Waals surface area contributed by atoms with Crippen molar-refractivity contribution in [1.82, 2.24) is 15.3 Å². The van der Waals surface area contributed by atoms with Crippen LogP contribution in [-0.4, -0.2) is 32.6 Å². The topological polar surface area (TPSA) is 114 Å². The van der Waals surface area contributed by atoms with Crippen molar-refractivity contribution in [1.29, 1.82) is 0 Å². The van der Waals surface area contributed by atoms with Gasteiger partial charge in [0, 0.05) is 53.7 Å². The molecule has 0 spiro atoms. The minimum absolute atomic E-state index is 0.0809. The first-order valence-electron chi connectivity index (χ1n) is 9.86. The van der Waals surface area contributed by atoms with E-state index >= 15 is 0 Å². The molecule has 3 heterocycles. The monoisotopic (exact) mass is 462 g/mol. The molecule has 7 nitrogen and oxygen atoms in total. The van der Waals surface area contributed by atoms with Gasteiger partial charge in [0.15, 0.2) is 11.6 Å². The Morgan fingerprint density at radius 2 is 1.88 bits per heavy atom. The van der Waals surface area contributed by atoms with Crippen LogP contribution in [0.1, 0.15) is 36.6 Å². The number of hydrogen-bond donors (Lipinski definition) is 4. The predicted molar refractivity (Wildman–Crippen MR) is 115 cm³/mol. The Morgan fingerprint density at radius 1 is 1.16 bits per heavy atom. The van der Waals surface area contributed by atoms with Crippen LogP contribution in [0.4, 0.5) is 14.6 Å². The summed E-state index contributed by atoms with van der Waals surface area (Å²) in [5, 5.41) is 21.6. The molecule has 32 heavy (non-hydrogen) atoms. The van der Waals surface area contributed by atoms with E-state index in [1.54, 1.807) is 24.5 Å². The Balaban J connectivity index is 1.56. The second kappa shape index (κ2) is 8.59. The number of ether oxygens (including phenoxy) is 1. The molecule has 10 heteroatoms. The Hall–Kier alpha value is -2.85. The van der Waals surface area contributed by atoms with Gasteiger partial charge in [-0.2, -0.15) is 0 Å². The van der Waals surface area contributed by atoms with E-state index in [1.807, 2.05) is 6.07 Å². The number of halogens is 3. The molecule has 3 aromatic rings. The second-order valence-electron chi connectivity index (χ2n) is 7.69. The van der Waals surface area contributed by atoms with E-state index < -0.39 is 23.6 Å². The molecule has 1 aliphatic rings. The van der Waals surface area contributed by atoms with Gasteiger partial charge in [0.2, 0.25) is 5.91 Å². The van der Waals surface area contributed by atoms with Gasteiger partial charge < -0.3 is 20.7 Å². The largest absolute Gasteiger partial charge is 0.482 e. The number of aliphatic hydroxyl groups is 2. The van der Waals surface area contributed by atoms with Crippen molar-refractivity contribution < 1.29 is 23.7 Å². The van der Waals surface area contributed by atoms with Crippen LogP contribution in [0, 0.1) is 11.6 Å². The number of nitrogen functional groups attached to an aromatic ring is 1. The number of hydrogen-bond acceptors (Lipinski definition) is 7. The van der Waals surface area contributed by atoms with E-state index in [2.05, 4.69) is 15.3 Å². The number of aromatic nitrogens is 2. The van der Waals surface area contributed by atoms with Gasteiger partial charge in [0.25, 0.3) is 0 Å². The lowest BCUT2D eigenvalue weighted by molar-refractivity contribution is -0.171. The molecule has 1 aliphatic heterocycles. The van der Waals surface area contributed by atoms with E-state index in [0.29, 0.717) is 12.1 Å². The van der Waals surface area contributed by atoms with Crippen LogP contribution in [0.5, 0.6) is 5.75 Å². The second-order valence-corrected chi connectivity index (χ2v) is 8.07.